The van der Waals surface area contributed by atoms with Crippen molar-refractivity contribution in [2.24, 2.45) is 0 Å². The molecule has 9 heteroatoms. The van der Waals surface area contributed by atoms with Crippen LogP contribution in [0.5, 0.6) is 0 Å². The summed E-state index contributed by atoms with van der Waals surface area (Å²) in [5.74, 6) is 1.31. The second kappa shape index (κ2) is 7.49. The molecule has 5 aromatic heterocycles. The highest BCUT2D eigenvalue weighted by Crippen LogP contribution is 2.26. The lowest BCUT2D eigenvalue weighted by molar-refractivity contribution is 0.469. The number of fused-ring (bicyclic) bond motifs is 2. The maximum Gasteiger partial charge on any atom is 0.283 e. The number of benzene rings is 1. The number of pyridine rings is 1. The van der Waals surface area contributed by atoms with E-state index in [2.05, 4.69) is 0 Å². The molecule has 8 nitrogen and oxygen atoms in total. The van der Waals surface area contributed by atoms with Crippen molar-refractivity contribution in [3.05, 3.63) is 105 Å². The zero-order valence-electron chi connectivity index (χ0n) is 17.6. The van der Waals surface area contributed by atoms with E-state index in [4.69, 9.17) is 13.8 Å². The molecule has 0 N–H and O–H groups in total. The van der Waals surface area contributed by atoms with Crippen molar-refractivity contribution < 1.29 is 8.83 Å². The van der Waals surface area contributed by atoms with Crippen molar-refractivity contribution >= 4 is 32.5 Å². The minimum Gasteiger partial charge on any atom is -0.467 e. The second-order valence-electron chi connectivity index (χ2n) is 7.71. The Bertz CT molecular complexity index is 1680. The molecule has 0 fully saturated rings. The van der Waals surface area contributed by atoms with Crippen molar-refractivity contribution in [3.63, 3.8) is 0 Å². The van der Waals surface area contributed by atoms with Crippen LogP contribution in [0.1, 0.15) is 17.2 Å². The van der Waals surface area contributed by atoms with Crippen LogP contribution in [-0.4, -0.2) is 18.9 Å². The van der Waals surface area contributed by atoms with Crippen LogP contribution in [0.25, 0.3) is 26.3 Å². The molecule has 0 aliphatic heterocycles. The molecule has 6 rings (SSSR count). The van der Waals surface area contributed by atoms with Crippen LogP contribution < -0.4 is 11.1 Å². The average Bonchev–Trinajstić information content (AvgIpc) is 3.59. The maximum atomic E-state index is 13.8. The first-order chi connectivity index (χ1) is 16.1. The molecule has 6 aromatic rings. The number of hydrogen-bond donors (Lipinski definition) is 0. The Morgan fingerprint density at radius 2 is 1.67 bits per heavy atom. The van der Waals surface area contributed by atoms with Crippen molar-refractivity contribution in [2.75, 3.05) is 0 Å². The predicted octanol–water partition coefficient (Wildman–Crippen LogP) is 4.15. The largest absolute Gasteiger partial charge is 0.467 e. The minimum atomic E-state index is -0.235. The summed E-state index contributed by atoms with van der Waals surface area (Å²) in [6, 6.07) is 16.4. The van der Waals surface area contributed by atoms with Crippen LogP contribution in [0.2, 0.25) is 0 Å². The molecule has 0 saturated carbocycles. The van der Waals surface area contributed by atoms with Gasteiger partial charge in [0.25, 0.3) is 11.1 Å². The molecule has 1 aromatic carbocycles. The first kappa shape index (κ1) is 19.6. The highest BCUT2D eigenvalue weighted by Gasteiger charge is 2.22. The second-order valence-corrected chi connectivity index (χ2v) is 8.72. The van der Waals surface area contributed by atoms with Crippen LogP contribution >= 0.6 is 11.3 Å². The van der Waals surface area contributed by atoms with Crippen LogP contribution in [0.4, 0.5) is 0 Å². The topological polar surface area (TPSA) is 88.1 Å². The summed E-state index contributed by atoms with van der Waals surface area (Å²) in [6.45, 7) is 2.31. The maximum absolute atomic E-state index is 13.8. The number of rotatable bonds is 5. The molecule has 0 aliphatic rings. The summed E-state index contributed by atoms with van der Waals surface area (Å²) in [5.41, 5.74) is 1.47. The fraction of sp³-hybridized carbons (Fsp3) is 0.125. The molecule has 0 aliphatic carbocycles. The lowest BCUT2D eigenvalue weighted by atomic mass is 10.2. The van der Waals surface area contributed by atoms with Gasteiger partial charge in [-0.15, -0.1) is 0 Å². The minimum absolute atomic E-state index is 0.217. The Hall–Kier alpha value is -4.11. The monoisotopic (exact) mass is 458 g/mol. The van der Waals surface area contributed by atoms with Gasteiger partial charge in [-0.05, 0) is 43.3 Å². The Kier molecular flexibility index (Phi) is 4.44. The molecule has 0 amide bonds. The third-order valence-corrected chi connectivity index (χ3v) is 6.73. The van der Waals surface area contributed by atoms with Gasteiger partial charge in [0.15, 0.2) is 0 Å². The molecule has 0 spiro atoms. The lowest BCUT2D eigenvalue weighted by Gasteiger charge is -2.11. The quantitative estimate of drug-likeness (QED) is 0.387. The van der Waals surface area contributed by atoms with Gasteiger partial charge in [0.2, 0.25) is 5.13 Å². The molecular formula is C24H18N4O4S. The molecule has 0 radical (unpaired) electrons. The predicted molar refractivity (Wildman–Crippen MR) is 125 cm³/mol. The van der Waals surface area contributed by atoms with E-state index in [9.17, 15) is 9.59 Å². The average molecular weight is 458 g/mol. The van der Waals surface area contributed by atoms with E-state index in [1.807, 2.05) is 30.3 Å². The summed E-state index contributed by atoms with van der Waals surface area (Å²) in [4.78, 5) is 31.6. The summed E-state index contributed by atoms with van der Waals surface area (Å²) in [6.07, 6.45) is 3.15. The van der Waals surface area contributed by atoms with E-state index in [1.165, 1.54) is 17.4 Å². The van der Waals surface area contributed by atoms with Gasteiger partial charge in [-0.3, -0.25) is 14.3 Å². The van der Waals surface area contributed by atoms with E-state index < -0.39 is 0 Å². The molecule has 5 heterocycles. The van der Waals surface area contributed by atoms with Gasteiger partial charge in [-0.1, -0.05) is 23.5 Å². The summed E-state index contributed by atoms with van der Waals surface area (Å²) in [5, 5.41) is 1.00. The number of nitrogens with zero attached hydrogens (tertiary/aromatic N) is 4. The molecule has 33 heavy (non-hydrogen) atoms. The van der Waals surface area contributed by atoms with Gasteiger partial charge >= 0.3 is 0 Å². The number of aromatic nitrogens is 4. The van der Waals surface area contributed by atoms with Gasteiger partial charge in [0, 0.05) is 11.8 Å². The molecular weight excluding hydrogens is 440 g/mol. The fourth-order valence-electron chi connectivity index (χ4n) is 4.15. The first-order valence-corrected chi connectivity index (χ1v) is 11.2. The van der Waals surface area contributed by atoms with Crippen molar-refractivity contribution in [2.45, 2.75) is 20.0 Å². The number of furan rings is 2. The van der Waals surface area contributed by atoms with E-state index in [-0.39, 0.29) is 24.2 Å². The Morgan fingerprint density at radius 1 is 0.939 bits per heavy atom. The summed E-state index contributed by atoms with van der Waals surface area (Å²) >= 11 is 1.43. The summed E-state index contributed by atoms with van der Waals surface area (Å²) in [7, 11) is 0. The zero-order valence-corrected chi connectivity index (χ0v) is 18.4. The highest BCUT2D eigenvalue weighted by atomic mass is 32.1. The third-order valence-electron chi connectivity index (χ3n) is 5.72. The number of para-hydroxylation sites is 1. The zero-order chi connectivity index (χ0) is 22.5. The molecule has 164 valence electrons. The Morgan fingerprint density at radius 3 is 2.36 bits per heavy atom. The van der Waals surface area contributed by atoms with E-state index in [0.717, 1.165) is 10.2 Å². The van der Waals surface area contributed by atoms with Gasteiger partial charge in [-0.25, -0.2) is 4.98 Å². The molecule has 0 saturated heterocycles. The molecule has 0 unspecified atom stereocenters. The molecule has 0 atom stereocenters. The SMILES string of the molecule is Cc1c2c(=O)n(-c3nc4ccccc4s3)n(Cc3ccco3)c2cc(=O)n1Cc1ccco1. The first-order valence-electron chi connectivity index (χ1n) is 10.4. The lowest BCUT2D eigenvalue weighted by Crippen LogP contribution is -2.23. The van der Waals surface area contributed by atoms with Gasteiger partial charge < -0.3 is 13.4 Å². The normalized spacial score (nSPS) is 11.7. The van der Waals surface area contributed by atoms with Crippen molar-refractivity contribution in [3.8, 4) is 5.13 Å². The van der Waals surface area contributed by atoms with Gasteiger partial charge in [-0.2, -0.15) is 4.68 Å². The van der Waals surface area contributed by atoms with Crippen molar-refractivity contribution in [1.82, 2.24) is 18.9 Å². The van der Waals surface area contributed by atoms with E-state index in [0.29, 0.717) is 33.2 Å². The van der Waals surface area contributed by atoms with Gasteiger partial charge in [0.05, 0.1) is 46.7 Å². The van der Waals surface area contributed by atoms with Crippen LogP contribution in [0, 0.1) is 6.92 Å². The Labute approximate surface area is 190 Å². The molecule has 0 bridgehead atoms. The number of hydrogen-bond acceptors (Lipinski definition) is 6. The van der Waals surface area contributed by atoms with Crippen LogP contribution in [-0.2, 0) is 13.1 Å². The standard InChI is InChI=1S/C24H18N4O4S/c1-15-22-19(12-21(29)26(15)13-16-6-4-10-31-16)27(14-17-7-5-11-32-17)28(23(22)30)24-25-18-8-2-3-9-20(18)33-24/h2-12H,13-14H2,1H3. The van der Waals surface area contributed by atoms with Gasteiger partial charge in [0.1, 0.15) is 11.5 Å². The van der Waals surface area contributed by atoms with Crippen LogP contribution in [0.15, 0.2) is 85.5 Å². The summed E-state index contributed by atoms with van der Waals surface area (Å²) < 4.78 is 16.8. The highest BCUT2D eigenvalue weighted by molar-refractivity contribution is 7.20. The smallest absolute Gasteiger partial charge is 0.283 e. The third kappa shape index (κ3) is 3.16. The van der Waals surface area contributed by atoms with E-state index in [1.54, 1.807) is 51.6 Å². The van der Waals surface area contributed by atoms with Crippen molar-refractivity contribution in [1.29, 1.82) is 0 Å². The number of aryl methyl sites for hydroxylation is 1. The fourth-order valence-corrected chi connectivity index (χ4v) is 5.12. The Balaban J connectivity index is 1.64. The number of thiazole rings is 1. The van der Waals surface area contributed by atoms with Crippen LogP contribution in [0.3, 0.4) is 0 Å². The van der Waals surface area contributed by atoms with E-state index >= 15 is 0 Å².